The Kier molecular flexibility index (Phi) is 9.79. The zero-order chi connectivity index (χ0) is 19.3. The predicted octanol–water partition coefficient (Wildman–Crippen LogP) is 1.87. The van der Waals surface area contributed by atoms with Crippen molar-refractivity contribution in [2.45, 2.75) is 26.8 Å². The summed E-state index contributed by atoms with van der Waals surface area (Å²) in [5, 5.41) is 6.70. The number of hydrogen-bond donors (Lipinski definition) is 2. The normalized spacial score (nSPS) is 15.4. The fourth-order valence-corrected chi connectivity index (χ4v) is 2.81. The van der Waals surface area contributed by atoms with Crippen LogP contribution in [0.25, 0.3) is 0 Å². The molecule has 0 bridgehead atoms. The molecule has 0 aromatic heterocycles. The number of aliphatic imine (C=N–C) groups is 1. The molecular weight excluding hydrogens is 344 g/mol. The summed E-state index contributed by atoms with van der Waals surface area (Å²) < 4.78 is 16.5. The molecule has 2 rings (SSSR count). The van der Waals surface area contributed by atoms with Gasteiger partial charge in [-0.3, -0.25) is 4.90 Å². The largest absolute Gasteiger partial charge is 0.493 e. The Bertz CT molecular complexity index is 574. The van der Waals surface area contributed by atoms with Crippen LogP contribution in [0, 0.1) is 0 Å². The highest BCUT2D eigenvalue weighted by Gasteiger charge is 2.10. The molecular formula is C20H34N4O3. The van der Waals surface area contributed by atoms with Gasteiger partial charge in [-0.05, 0) is 31.0 Å². The van der Waals surface area contributed by atoms with Crippen LogP contribution in [0.3, 0.4) is 0 Å². The molecule has 0 saturated carbocycles. The summed E-state index contributed by atoms with van der Waals surface area (Å²) in [6.07, 6.45) is 0.970. The maximum absolute atomic E-state index is 5.71. The van der Waals surface area contributed by atoms with Gasteiger partial charge in [0, 0.05) is 32.7 Å². The summed E-state index contributed by atoms with van der Waals surface area (Å²) in [7, 11) is 1.67. The second-order valence-corrected chi connectivity index (χ2v) is 6.41. The predicted molar refractivity (Wildman–Crippen MR) is 109 cm³/mol. The number of nitrogens with one attached hydrogen (secondary N) is 2. The second kappa shape index (κ2) is 12.4. The van der Waals surface area contributed by atoms with Crippen LogP contribution in [0.4, 0.5) is 0 Å². The van der Waals surface area contributed by atoms with E-state index >= 15 is 0 Å². The molecule has 1 aliphatic heterocycles. The summed E-state index contributed by atoms with van der Waals surface area (Å²) in [5.41, 5.74) is 1.08. The maximum Gasteiger partial charge on any atom is 0.191 e. The first kappa shape index (κ1) is 21.3. The number of methoxy groups -OCH3 is 1. The molecule has 27 heavy (non-hydrogen) atoms. The van der Waals surface area contributed by atoms with Crippen LogP contribution in [0.2, 0.25) is 0 Å². The molecule has 1 aliphatic rings. The molecule has 0 unspecified atom stereocenters. The Labute approximate surface area is 163 Å². The van der Waals surface area contributed by atoms with E-state index in [1.807, 2.05) is 18.2 Å². The summed E-state index contributed by atoms with van der Waals surface area (Å²) in [4.78, 5) is 7.09. The minimum Gasteiger partial charge on any atom is -0.493 e. The van der Waals surface area contributed by atoms with E-state index in [0.29, 0.717) is 13.2 Å². The third-order valence-electron chi connectivity index (χ3n) is 4.28. The van der Waals surface area contributed by atoms with Gasteiger partial charge in [-0.15, -0.1) is 0 Å². The molecule has 0 radical (unpaired) electrons. The van der Waals surface area contributed by atoms with Gasteiger partial charge in [-0.25, -0.2) is 4.99 Å². The number of guanidine groups is 1. The Morgan fingerprint density at radius 1 is 1.19 bits per heavy atom. The minimum atomic E-state index is 0.581. The van der Waals surface area contributed by atoms with Gasteiger partial charge in [0.15, 0.2) is 17.5 Å². The van der Waals surface area contributed by atoms with Crippen molar-refractivity contribution in [2.75, 3.05) is 59.7 Å². The number of hydrogen-bond acceptors (Lipinski definition) is 5. The first-order chi connectivity index (χ1) is 13.3. The molecule has 1 heterocycles. The third kappa shape index (κ3) is 7.64. The van der Waals surface area contributed by atoms with E-state index in [2.05, 4.69) is 34.4 Å². The van der Waals surface area contributed by atoms with E-state index in [9.17, 15) is 0 Å². The Hall–Kier alpha value is -1.99. The van der Waals surface area contributed by atoms with Crippen LogP contribution in [-0.4, -0.2) is 70.5 Å². The van der Waals surface area contributed by atoms with Gasteiger partial charge < -0.3 is 24.8 Å². The van der Waals surface area contributed by atoms with E-state index in [1.165, 1.54) is 0 Å². The third-order valence-corrected chi connectivity index (χ3v) is 4.28. The van der Waals surface area contributed by atoms with Crippen LogP contribution < -0.4 is 20.1 Å². The van der Waals surface area contributed by atoms with E-state index in [1.54, 1.807) is 7.11 Å². The molecule has 0 aliphatic carbocycles. The fraction of sp³-hybridized carbons (Fsp3) is 0.650. The van der Waals surface area contributed by atoms with Crippen molar-refractivity contribution in [2.24, 2.45) is 4.99 Å². The Balaban J connectivity index is 1.88. The lowest BCUT2D eigenvalue weighted by Crippen LogP contribution is -2.44. The lowest BCUT2D eigenvalue weighted by molar-refractivity contribution is 0.0389. The summed E-state index contributed by atoms with van der Waals surface area (Å²) in [6, 6.07) is 5.98. The zero-order valence-electron chi connectivity index (χ0n) is 16.9. The smallest absolute Gasteiger partial charge is 0.191 e. The number of ether oxygens (including phenoxy) is 3. The molecule has 1 fully saturated rings. The lowest BCUT2D eigenvalue weighted by atomic mass is 10.2. The van der Waals surface area contributed by atoms with Crippen molar-refractivity contribution in [1.29, 1.82) is 0 Å². The van der Waals surface area contributed by atoms with Crippen molar-refractivity contribution in [1.82, 2.24) is 15.5 Å². The van der Waals surface area contributed by atoms with E-state index in [4.69, 9.17) is 14.2 Å². The highest BCUT2D eigenvalue weighted by atomic mass is 16.5. The molecule has 7 nitrogen and oxygen atoms in total. The first-order valence-electron chi connectivity index (χ1n) is 9.88. The van der Waals surface area contributed by atoms with Crippen LogP contribution in [-0.2, 0) is 11.3 Å². The second-order valence-electron chi connectivity index (χ2n) is 6.41. The van der Waals surface area contributed by atoms with Crippen molar-refractivity contribution < 1.29 is 14.2 Å². The van der Waals surface area contributed by atoms with Gasteiger partial charge in [-0.2, -0.15) is 0 Å². The summed E-state index contributed by atoms with van der Waals surface area (Å²) in [6.45, 7) is 11.8. The van der Waals surface area contributed by atoms with Crippen LogP contribution in [0.5, 0.6) is 11.5 Å². The van der Waals surface area contributed by atoms with Crippen LogP contribution in [0.15, 0.2) is 23.2 Å². The van der Waals surface area contributed by atoms with E-state index < -0.39 is 0 Å². The van der Waals surface area contributed by atoms with Crippen molar-refractivity contribution in [3.05, 3.63) is 23.8 Å². The van der Waals surface area contributed by atoms with Gasteiger partial charge in [0.2, 0.25) is 0 Å². The summed E-state index contributed by atoms with van der Waals surface area (Å²) in [5.74, 6) is 2.36. The van der Waals surface area contributed by atoms with Crippen LogP contribution in [0.1, 0.15) is 25.8 Å². The number of rotatable bonds is 10. The first-order valence-corrected chi connectivity index (χ1v) is 9.88. The quantitative estimate of drug-likeness (QED) is 0.479. The monoisotopic (exact) mass is 378 g/mol. The van der Waals surface area contributed by atoms with Gasteiger partial charge in [0.1, 0.15) is 0 Å². The molecule has 1 aromatic rings. The zero-order valence-corrected chi connectivity index (χ0v) is 16.9. The fourth-order valence-electron chi connectivity index (χ4n) is 2.81. The number of nitrogens with zero attached hydrogens (tertiary/aromatic N) is 2. The van der Waals surface area contributed by atoms with E-state index in [0.717, 1.165) is 75.4 Å². The average Bonchev–Trinajstić information content (AvgIpc) is 2.71. The minimum absolute atomic E-state index is 0.581. The number of morpholine rings is 1. The maximum atomic E-state index is 5.71. The summed E-state index contributed by atoms with van der Waals surface area (Å²) >= 11 is 0. The Morgan fingerprint density at radius 3 is 2.70 bits per heavy atom. The highest BCUT2D eigenvalue weighted by Crippen LogP contribution is 2.28. The molecule has 0 atom stereocenters. The van der Waals surface area contributed by atoms with Crippen molar-refractivity contribution in [3.8, 4) is 11.5 Å². The molecule has 0 spiro atoms. The highest BCUT2D eigenvalue weighted by molar-refractivity contribution is 5.79. The molecule has 1 saturated heterocycles. The van der Waals surface area contributed by atoms with Gasteiger partial charge >= 0.3 is 0 Å². The Morgan fingerprint density at radius 2 is 2.00 bits per heavy atom. The standard InChI is InChI=1S/C20H34N4O3/c1-4-12-27-18-7-6-17(15-19(18)25-3)16-23-20(21-5-2)22-8-9-24-10-13-26-14-11-24/h6-7,15H,4-5,8-14,16H2,1-3H3,(H2,21,22,23). The number of benzene rings is 1. The molecule has 2 N–H and O–H groups in total. The molecule has 152 valence electrons. The average molecular weight is 379 g/mol. The van der Waals surface area contributed by atoms with Gasteiger partial charge in [0.05, 0.1) is 33.5 Å². The topological polar surface area (TPSA) is 67.4 Å². The lowest BCUT2D eigenvalue weighted by Gasteiger charge is -2.26. The van der Waals surface area contributed by atoms with E-state index in [-0.39, 0.29) is 0 Å². The van der Waals surface area contributed by atoms with Gasteiger partial charge in [0.25, 0.3) is 0 Å². The molecule has 1 aromatic carbocycles. The molecule has 0 amide bonds. The van der Waals surface area contributed by atoms with Crippen LogP contribution >= 0.6 is 0 Å². The molecule has 7 heteroatoms. The van der Waals surface area contributed by atoms with Gasteiger partial charge in [-0.1, -0.05) is 13.0 Å². The SMILES string of the molecule is CCCOc1ccc(CN=C(NCC)NCCN2CCOCC2)cc1OC. The van der Waals surface area contributed by atoms with Crippen molar-refractivity contribution >= 4 is 5.96 Å². The van der Waals surface area contributed by atoms with Crippen molar-refractivity contribution in [3.63, 3.8) is 0 Å².